The molecule has 4 rings (SSSR count). The Balaban J connectivity index is 2.07. The highest BCUT2D eigenvalue weighted by Crippen LogP contribution is 2.40. The van der Waals surface area contributed by atoms with E-state index in [0.717, 1.165) is 27.8 Å². The molecule has 0 heterocycles. The summed E-state index contributed by atoms with van der Waals surface area (Å²) in [6.45, 7) is 4.26. The van der Waals surface area contributed by atoms with E-state index in [1.54, 1.807) is 0 Å². The first-order valence-electron chi connectivity index (χ1n) is 7.89. The van der Waals surface area contributed by atoms with Gasteiger partial charge in [-0.1, -0.05) is 66.7 Å². The molecule has 0 saturated carbocycles. The van der Waals surface area contributed by atoms with Crippen LogP contribution in [0.3, 0.4) is 0 Å². The Kier molecular flexibility index (Phi) is 3.27. The maximum atomic E-state index is 6.39. The van der Waals surface area contributed by atoms with Crippen LogP contribution in [0.2, 0.25) is 0 Å². The molecule has 0 aromatic heterocycles. The smallest absolute Gasteiger partial charge is 0.143 e. The van der Waals surface area contributed by atoms with Crippen LogP contribution in [0.1, 0.15) is 11.1 Å². The van der Waals surface area contributed by atoms with Crippen molar-refractivity contribution in [3.05, 3.63) is 83.9 Å². The van der Waals surface area contributed by atoms with Gasteiger partial charge in [-0.15, -0.1) is 0 Å². The Hall–Kier alpha value is -2.80. The molecular weight excluding hydrogens is 280 g/mol. The third-order valence-electron chi connectivity index (χ3n) is 4.46. The van der Waals surface area contributed by atoms with Crippen molar-refractivity contribution in [1.82, 2.24) is 0 Å². The second kappa shape index (κ2) is 5.44. The molecule has 4 aromatic rings. The molecule has 0 aliphatic heterocycles. The summed E-state index contributed by atoms with van der Waals surface area (Å²) in [7, 11) is 0. The molecule has 0 atom stereocenters. The lowest BCUT2D eigenvalue weighted by Gasteiger charge is -2.16. The molecule has 0 bridgehead atoms. The fourth-order valence-electron chi connectivity index (χ4n) is 3.20. The van der Waals surface area contributed by atoms with E-state index in [1.807, 2.05) is 18.2 Å². The van der Waals surface area contributed by atoms with E-state index in [4.69, 9.17) is 4.74 Å². The van der Waals surface area contributed by atoms with Crippen LogP contribution in [-0.2, 0) is 0 Å². The standard InChI is InChI=1S/C22H18O/c1-15-9-3-8-14-21(15)23-22-19-12-6-4-10-17(19)16(2)18-11-5-7-13-20(18)22/h3-14H,1-2H3. The van der Waals surface area contributed by atoms with Gasteiger partial charge in [0.05, 0.1) is 0 Å². The maximum absolute atomic E-state index is 6.39. The average Bonchev–Trinajstić information content (AvgIpc) is 2.60. The van der Waals surface area contributed by atoms with Crippen LogP contribution in [0.25, 0.3) is 21.5 Å². The van der Waals surface area contributed by atoms with Crippen molar-refractivity contribution in [3.63, 3.8) is 0 Å². The van der Waals surface area contributed by atoms with Crippen molar-refractivity contribution < 1.29 is 4.74 Å². The fourth-order valence-corrected chi connectivity index (χ4v) is 3.20. The average molecular weight is 298 g/mol. The third kappa shape index (κ3) is 2.25. The fraction of sp³-hybridized carbons (Fsp3) is 0.0909. The summed E-state index contributed by atoms with van der Waals surface area (Å²) >= 11 is 0. The predicted molar refractivity (Wildman–Crippen MR) is 97.4 cm³/mol. The molecule has 0 aliphatic rings. The highest BCUT2D eigenvalue weighted by atomic mass is 16.5. The van der Waals surface area contributed by atoms with E-state index >= 15 is 0 Å². The Morgan fingerprint density at radius 3 is 1.61 bits per heavy atom. The largest absolute Gasteiger partial charge is 0.456 e. The van der Waals surface area contributed by atoms with E-state index in [-0.39, 0.29) is 0 Å². The van der Waals surface area contributed by atoms with Crippen molar-refractivity contribution in [1.29, 1.82) is 0 Å². The normalized spacial score (nSPS) is 11.0. The zero-order valence-electron chi connectivity index (χ0n) is 13.3. The van der Waals surface area contributed by atoms with E-state index in [9.17, 15) is 0 Å². The number of fused-ring (bicyclic) bond motifs is 2. The first kappa shape index (κ1) is 13.8. The summed E-state index contributed by atoms with van der Waals surface area (Å²) in [5.74, 6) is 1.85. The van der Waals surface area contributed by atoms with Crippen LogP contribution >= 0.6 is 0 Å². The monoisotopic (exact) mass is 298 g/mol. The van der Waals surface area contributed by atoms with Crippen molar-refractivity contribution in [2.45, 2.75) is 13.8 Å². The molecule has 0 unspecified atom stereocenters. The van der Waals surface area contributed by atoms with Gasteiger partial charge >= 0.3 is 0 Å². The summed E-state index contributed by atoms with van der Waals surface area (Å²) in [6.07, 6.45) is 0. The summed E-state index contributed by atoms with van der Waals surface area (Å²) < 4.78 is 6.39. The van der Waals surface area contributed by atoms with Gasteiger partial charge in [-0.3, -0.25) is 0 Å². The first-order valence-corrected chi connectivity index (χ1v) is 7.89. The molecule has 0 N–H and O–H groups in total. The van der Waals surface area contributed by atoms with Gasteiger partial charge in [-0.2, -0.15) is 0 Å². The van der Waals surface area contributed by atoms with Gasteiger partial charge < -0.3 is 4.74 Å². The molecular formula is C22H18O. The lowest BCUT2D eigenvalue weighted by molar-refractivity contribution is 0.490. The minimum Gasteiger partial charge on any atom is -0.456 e. The Labute approximate surface area is 136 Å². The zero-order chi connectivity index (χ0) is 15.8. The highest BCUT2D eigenvalue weighted by molar-refractivity contribution is 6.08. The predicted octanol–water partition coefficient (Wildman–Crippen LogP) is 6.40. The minimum atomic E-state index is 0.909. The molecule has 112 valence electrons. The van der Waals surface area contributed by atoms with E-state index in [1.165, 1.54) is 16.3 Å². The number of ether oxygens (including phenoxy) is 1. The van der Waals surface area contributed by atoms with Crippen LogP contribution in [0.4, 0.5) is 0 Å². The molecule has 1 heteroatoms. The summed E-state index contributed by atoms with van der Waals surface area (Å²) in [5, 5.41) is 4.81. The first-order chi connectivity index (χ1) is 11.3. The lowest BCUT2D eigenvalue weighted by Crippen LogP contribution is -1.92. The number of hydrogen-bond acceptors (Lipinski definition) is 1. The zero-order valence-corrected chi connectivity index (χ0v) is 13.3. The Bertz CT molecular complexity index is 958. The second-order valence-electron chi connectivity index (χ2n) is 5.91. The van der Waals surface area contributed by atoms with Gasteiger partial charge in [0.1, 0.15) is 11.5 Å². The van der Waals surface area contributed by atoms with Gasteiger partial charge in [0.15, 0.2) is 0 Å². The van der Waals surface area contributed by atoms with Crippen LogP contribution in [0.5, 0.6) is 11.5 Å². The van der Waals surface area contributed by atoms with Crippen LogP contribution in [0.15, 0.2) is 72.8 Å². The molecule has 0 fully saturated rings. The molecule has 0 aliphatic carbocycles. The molecule has 23 heavy (non-hydrogen) atoms. The lowest BCUT2D eigenvalue weighted by atomic mass is 9.96. The van der Waals surface area contributed by atoms with Crippen molar-refractivity contribution >= 4 is 21.5 Å². The van der Waals surface area contributed by atoms with E-state index in [0.29, 0.717) is 0 Å². The summed E-state index contributed by atoms with van der Waals surface area (Å²) in [4.78, 5) is 0. The van der Waals surface area contributed by atoms with E-state index in [2.05, 4.69) is 68.4 Å². The highest BCUT2D eigenvalue weighted by Gasteiger charge is 2.13. The van der Waals surface area contributed by atoms with Gasteiger partial charge in [0.25, 0.3) is 0 Å². The topological polar surface area (TPSA) is 9.23 Å². The summed E-state index contributed by atoms with van der Waals surface area (Å²) in [5.41, 5.74) is 2.44. The summed E-state index contributed by atoms with van der Waals surface area (Å²) in [6, 6.07) is 25.1. The third-order valence-corrected chi connectivity index (χ3v) is 4.46. The quantitative estimate of drug-likeness (QED) is 0.389. The maximum Gasteiger partial charge on any atom is 0.143 e. The van der Waals surface area contributed by atoms with Crippen LogP contribution < -0.4 is 4.74 Å². The number of benzene rings is 4. The molecule has 1 nitrogen and oxygen atoms in total. The number of rotatable bonds is 2. The minimum absolute atomic E-state index is 0.909. The Morgan fingerprint density at radius 1 is 0.565 bits per heavy atom. The van der Waals surface area contributed by atoms with Gasteiger partial charge in [-0.05, 0) is 41.8 Å². The number of hydrogen-bond donors (Lipinski definition) is 0. The molecule has 0 radical (unpaired) electrons. The van der Waals surface area contributed by atoms with Crippen LogP contribution in [0, 0.1) is 13.8 Å². The van der Waals surface area contributed by atoms with Crippen molar-refractivity contribution in [2.24, 2.45) is 0 Å². The van der Waals surface area contributed by atoms with Crippen LogP contribution in [-0.4, -0.2) is 0 Å². The van der Waals surface area contributed by atoms with Gasteiger partial charge in [0, 0.05) is 10.8 Å². The van der Waals surface area contributed by atoms with Gasteiger partial charge in [-0.25, -0.2) is 0 Å². The van der Waals surface area contributed by atoms with Gasteiger partial charge in [0.2, 0.25) is 0 Å². The number of aryl methyl sites for hydroxylation is 2. The van der Waals surface area contributed by atoms with Crippen molar-refractivity contribution in [2.75, 3.05) is 0 Å². The van der Waals surface area contributed by atoms with E-state index < -0.39 is 0 Å². The number of para-hydroxylation sites is 1. The van der Waals surface area contributed by atoms with Crippen molar-refractivity contribution in [3.8, 4) is 11.5 Å². The molecule has 0 amide bonds. The SMILES string of the molecule is Cc1ccccc1Oc1c2ccccc2c(C)c2ccccc12. The molecule has 0 spiro atoms. The molecule has 4 aromatic carbocycles. The molecule has 0 saturated heterocycles. The Morgan fingerprint density at radius 2 is 1.04 bits per heavy atom. The second-order valence-corrected chi connectivity index (χ2v) is 5.91.